The van der Waals surface area contributed by atoms with Gasteiger partial charge in [-0.1, -0.05) is 18.2 Å². The standard InChI is InChI=1S/C23H29N3O2/c27-20-23(18-3-1-2-4-19(18)24-20)5-7-26(8-6-23)21(28)25-22-12-15-9-16(13-22)11-17(10-15)14-22/h1-4,15-17H,5-14H2,(H,24,27)(H,25,28). The van der Waals surface area contributed by atoms with Crippen LogP contribution in [0.15, 0.2) is 24.3 Å². The predicted octanol–water partition coefficient (Wildman–Crippen LogP) is 3.65. The molecule has 28 heavy (non-hydrogen) atoms. The van der Waals surface area contributed by atoms with Crippen molar-refractivity contribution in [3.63, 3.8) is 0 Å². The minimum Gasteiger partial charge on any atom is -0.333 e. The second-order valence-electron chi connectivity index (χ2n) is 10.2. The third-order valence-electron chi connectivity index (χ3n) is 8.44. The van der Waals surface area contributed by atoms with Gasteiger partial charge in [-0.15, -0.1) is 0 Å². The summed E-state index contributed by atoms with van der Waals surface area (Å²) in [6.07, 6.45) is 9.12. The fourth-order valence-corrected chi connectivity index (χ4v) is 7.53. The fraction of sp³-hybridized carbons (Fsp3) is 0.652. The molecule has 5 heteroatoms. The second kappa shape index (κ2) is 5.74. The molecule has 5 nitrogen and oxygen atoms in total. The van der Waals surface area contributed by atoms with E-state index in [9.17, 15) is 9.59 Å². The molecule has 2 aliphatic heterocycles. The van der Waals surface area contributed by atoms with Crippen LogP contribution in [0.5, 0.6) is 0 Å². The lowest BCUT2D eigenvalue weighted by atomic mass is 9.53. The molecule has 4 saturated carbocycles. The average molecular weight is 380 g/mol. The second-order valence-corrected chi connectivity index (χ2v) is 10.2. The summed E-state index contributed by atoms with van der Waals surface area (Å²) in [6, 6.07) is 8.12. The van der Waals surface area contributed by atoms with Crippen LogP contribution >= 0.6 is 0 Å². The quantitative estimate of drug-likeness (QED) is 0.782. The molecule has 6 aliphatic rings. The number of carbonyl (C=O) groups is 2. The number of benzene rings is 1. The minimum absolute atomic E-state index is 0.0539. The number of rotatable bonds is 1. The molecule has 1 aromatic carbocycles. The van der Waals surface area contributed by atoms with Crippen LogP contribution in [0.25, 0.3) is 0 Å². The normalized spacial score (nSPS) is 37.1. The van der Waals surface area contributed by atoms with Crippen LogP contribution in [-0.2, 0) is 10.2 Å². The van der Waals surface area contributed by atoms with Gasteiger partial charge in [0.1, 0.15) is 0 Å². The summed E-state index contributed by atoms with van der Waals surface area (Å²) >= 11 is 0. The van der Waals surface area contributed by atoms with Gasteiger partial charge in [0.25, 0.3) is 0 Å². The van der Waals surface area contributed by atoms with Gasteiger partial charge in [-0.2, -0.15) is 0 Å². The van der Waals surface area contributed by atoms with Crippen LogP contribution < -0.4 is 10.6 Å². The number of likely N-dealkylation sites (tertiary alicyclic amines) is 1. The monoisotopic (exact) mass is 379 g/mol. The first kappa shape index (κ1) is 16.9. The van der Waals surface area contributed by atoms with Crippen molar-refractivity contribution >= 4 is 17.6 Å². The number of hydrogen-bond acceptors (Lipinski definition) is 2. The molecule has 1 saturated heterocycles. The largest absolute Gasteiger partial charge is 0.333 e. The first-order valence-corrected chi connectivity index (χ1v) is 11.0. The number of carbonyl (C=O) groups excluding carboxylic acids is 2. The Labute approximate surface area is 166 Å². The van der Waals surface area contributed by atoms with Crippen molar-refractivity contribution in [3.8, 4) is 0 Å². The maximum absolute atomic E-state index is 13.1. The summed E-state index contributed by atoms with van der Waals surface area (Å²) < 4.78 is 0. The first-order chi connectivity index (χ1) is 13.6. The van der Waals surface area contributed by atoms with E-state index in [0.717, 1.165) is 29.0 Å². The maximum atomic E-state index is 13.1. The van der Waals surface area contributed by atoms with E-state index in [1.165, 1.54) is 38.5 Å². The summed E-state index contributed by atoms with van der Waals surface area (Å²) in [7, 11) is 0. The zero-order chi connectivity index (χ0) is 18.9. The molecule has 0 unspecified atom stereocenters. The van der Waals surface area contributed by atoms with Gasteiger partial charge < -0.3 is 15.5 Å². The molecular weight excluding hydrogens is 350 g/mol. The Balaban J connectivity index is 1.16. The maximum Gasteiger partial charge on any atom is 0.317 e. The Kier molecular flexibility index (Phi) is 3.46. The van der Waals surface area contributed by atoms with Gasteiger partial charge in [-0.3, -0.25) is 4.79 Å². The lowest BCUT2D eigenvalue weighted by molar-refractivity contribution is -0.122. The van der Waals surface area contributed by atoms with E-state index in [4.69, 9.17) is 0 Å². The third-order valence-corrected chi connectivity index (χ3v) is 8.44. The minimum atomic E-state index is -0.450. The molecule has 0 atom stereocenters. The molecule has 4 aliphatic carbocycles. The van der Waals surface area contributed by atoms with Crippen molar-refractivity contribution in [2.24, 2.45) is 17.8 Å². The molecule has 1 aromatic rings. The van der Waals surface area contributed by atoms with Gasteiger partial charge >= 0.3 is 6.03 Å². The summed E-state index contributed by atoms with van der Waals surface area (Å²) in [5.41, 5.74) is 1.66. The molecule has 2 heterocycles. The van der Waals surface area contributed by atoms with Crippen molar-refractivity contribution in [1.29, 1.82) is 0 Å². The summed E-state index contributed by atoms with van der Waals surface area (Å²) in [6.45, 7) is 1.31. The Bertz CT molecular complexity index is 805. The molecule has 0 radical (unpaired) electrons. The van der Waals surface area contributed by atoms with Crippen LogP contribution in [-0.4, -0.2) is 35.5 Å². The molecule has 4 bridgehead atoms. The predicted molar refractivity (Wildman–Crippen MR) is 107 cm³/mol. The number of amides is 3. The molecular formula is C23H29N3O2. The third kappa shape index (κ3) is 2.37. The van der Waals surface area contributed by atoms with E-state index in [1.807, 2.05) is 23.1 Å². The van der Waals surface area contributed by atoms with E-state index in [2.05, 4.69) is 16.7 Å². The van der Waals surface area contributed by atoms with Crippen molar-refractivity contribution < 1.29 is 9.59 Å². The van der Waals surface area contributed by atoms with E-state index in [-0.39, 0.29) is 17.5 Å². The van der Waals surface area contributed by atoms with Crippen molar-refractivity contribution in [2.75, 3.05) is 18.4 Å². The number of nitrogens with zero attached hydrogens (tertiary/aromatic N) is 1. The molecule has 0 aromatic heterocycles. The Morgan fingerprint density at radius 2 is 1.61 bits per heavy atom. The zero-order valence-electron chi connectivity index (χ0n) is 16.4. The van der Waals surface area contributed by atoms with Crippen molar-refractivity contribution in [3.05, 3.63) is 29.8 Å². The van der Waals surface area contributed by atoms with Gasteiger partial charge in [0.2, 0.25) is 5.91 Å². The molecule has 7 rings (SSSR count). The van der Waals surface area contributed by atoms with Gasteiger partial charge in [0.05, 0.1) is 5.41 Å². The van der Waals surface area contributed by atoms with Gasteiger partial charge in [0.15, 0.2) is 0 Å². The smallest absolute Gasteiger partial charge is 0.317 e. The number of para-hydroxylation sites is 1. The van der Waals surface area contributed by atoms with Crippen LogP contribution in [0.2, 0.25) is 0 Å². The average Bonchev–Trinajstić information content (AvgIpc) is 2.92. The highest BCUT2D eigenvalue weighted by atomic mass is 16.2. The van der Waals surface area contributed by atoms with Crippen molar-refractivity contribution in [2.45, 2.75) is 62.3 Å². The lowest BCUT2D eigenvalue weighted by Crippen LogP contribution is -2.62. The highest BCUT2D eigenvalue weighted by molar-refractivity contribution is 6.06. The zero-order valence-corrected chi connectivity index (χ0v) is 16.4. The van der Waals surface area contributed by atoms with Crippen LogP contribution in [0, 0.1) is 17.8 Å². The molecule has 3 amide bonds. The molecule has 2 N–H and O–H groups in total. The first-order valence-electron chi connectivity index (χ1n) is 11.0. The number of hydrogen-bond donors (Lipinski definition) is 2. The number of fused-ring (bicyclic) bond motifs is 2. The fourth-order valence-electron chi connectivity index (χ4n) is 7.53. The van der Waals surface area contributed by atoms with E-state index >= 15 is 0 Å². The number of urea groups is 1. The SMILES string of the molecule is O=C(NC12CC3CC(CC(C3)C1)C2)N1CCC2(CC1)C(=O)Nc1ccccc12. The van der Waals surface area contributed by atoms with Crippen molar-refractivity contribution in [1.82, 2.24) is 10.2 Å². The summed E-state index contributed by atoms with van der Waals surface area (Å²) in [4.78, 5) is 27.8. The topological polar surface area (TPSA) is 61.4 Å². The number of anilines is 1. The number of piperidine rings is 1. The number of nitrogens with one attached hydrogen (secondary N) is 2. The highest BCUT2D eigenvalue weighted by Crippen LogP contribution is 2.55. The van der Waals surface area contributed by atoms with E-state index in [0.29, 0.717) is 25.9 Å². The summed E-state index contributed by atoms with van der Waals surface area (Å²) in [5.74, 6) is 2.59. The lowest BCUT2D eigenvalue weighted by Gasteiger charge is -2.57. The highest BCUT2D eigenvalue weighted by Gasteiger charge is 2.53. The van der Waals surface area contributed by atoms with E-state index in [1.54, 1.807) is 0 Å². The van der Waals surface area contributed by atoms with Crippen LogP contribution in [0.4, 0.5) is 10.5 Å². The molecule has 148 valence electrons. The van der Waals surface area contributed by atoms with Crippen LogP contribution in [0.1, 0.15) is 56.9 Å². The van der Waals surface area contributed by atoms with Gasteiger partial charge in [0, 0.05) is 24.3 Å². The Hall–Kier alpha value is -2.04. The molecule has 5 fully saturated rings. The van der Waals surface area contributed by atoms with Crippen LogP contribution in [0.3, 0.4) is 0 Å². The Morgan fingerprint density at radius 1 is 1.00 bits per heavy atom. The van der Waals surface area contributed by atoms with Gasteiger partial charge in [-0.25, -0.2) is 4.79 Å². The van der Waals surface area contributed by atoms with Gasteiger partial charge in [-0.05, 0) is 80.8 Å². The summed E-state index contributed by atoms with van der Waals surface area (Å²) in [5, 5.41) is 6.54. The van der Waals surface area contributed by atoms with E-state index < -0.39 is 5.41 Å². The molecule has 1 spiro atoms. The Morgan fingerprint density at radius 3 is 2.25 bits per heavy atom.